The molecular weight excluding hydrogens is 421 g/mol. The van der Waals surface area contributed by atoms with E-state index in [1.165, 1.54) is 0 Å². The highest BCUT2D eigenvalue weighted by Gasteiger charge is 2.35. The van der Waals surface area contributed by atoms with Crippen molar-refractivity contribution in [2.45, 2.75) is 44.9 Å². The Balaban J connectivity index is 1.54. The van der Waals surface area contributed by atoms with Crippen molar-refractivity contribution in [3.63, 3.8) is 0 Å². The summed E-state index contributed by atoms with van der Waals surface area (Å²) in [6.07, 6.45) is 2.19. The molecule has 10 heteroatoms. The Hall–Kier alpha value is -3.43. The molecule has 1 fully saturated rings. The Kier molecular flexibility index (Phi) is 5.86. The van der Waals surface area contributed by atoms with Gasteiger partial charge in [-0.05, 0) is 50.5 Å². The van der Waals surface area contributed by atoms with Gasteiger partial charge in [0.05, 0.1) is 12.4 Å². The monoisotopic (exact) mass is 444 g/mol. The average Bonchev–Trinajstić information content (AvgIpc) is 3.29. The molecule has 7 nitrogen and oxygen atoms in total. The summed E-state index contributed by atoms with van der Waals surface area (Å²) in [5.41, 5.74) is 1.80. The summed E-state index contributed by atoms with van der Waals surface area (Å²) in [6.45, 7) is 4.40. The summed E-state index contributed by atoms with van der Waals surface area (Å²) in [6, 6.07) is 5.27. The van der Waals surface area contributed by atoms with Crippen molar-refractivity contribution >= 4 is 11.7 Å². The number of piperidine rings is 1. The zero-order valence-corrected chi connectivity index (χ0v) is 17.6. The third-order valence-electron chi connectivity index (χ3n) is 5.64. The van der Waals surface area contributed by atoms with Crippen LogP contribution in [0.4, 0.5) is 19.0 Å². The molecule has 2 atom stereocenters. The van der Waals surface area contributed by atoms with Crippen molar-refractivity contribution in [2.24, 2.45) is 0 Å². The molecule has 1 amide bonds. The van der Waals surface area contributed by atoms with E-state index in [1.807, 2.05) is 32.0 Å². The molecule has 0 aliphatic carbocycles. The lowest BCUT2D eigenvalue weighted by Crippen LogP contribution is -2.52. The zero-order chi connectivity index (χ0) is 22.9. The molecule has 1 aliphatic heterocycles. The van der Waals surface area contributed by atoms with Gasteiger partial charge in [0.2, 0.25) is 0 Å². The lowest BCUT2D eigenvalue weighted by molar-refractivity contribution is -0.141. The van der Waals surface area contributed by atoms with Crippen LogP contribution in [0, 0.1) is 6.92 Å². The Morgan fingerprint density at radius 1 is 1.22 bits per heavy atom. The highest BCUT2D eigenvalue weighted by molar-refractivity contribution is 5.99. The molecule has 4 heterocycles. The van der Waals surface area contributed by atoms with Gasteiger partial charge in [0.1, 0.15) is 11.5 Å². The van der Waals surface area contributed by atoms with Crippen LogP contribution in [0.5, 0.6) is 0 Å². The highest BCUT2D eigenvalue weighted by atomic mass is 19.4. The van der Waals surface area contributed by atoms with Gasteiger partial charge in [0, 0.05) is 42.3 Å². The van der Waals surface area contributed by atoms with Crippen LogP contribution in [0.3, 0.4) is 0 Å². The number of carbonyl (C=O) groups excluding carboxylic acids is 1. The lowest BCUT2D eigenvalue weighted by Gasteiger charge is -2.40. The van der Waals surface area contributed by atoms with Gasteiger partial charge in [-0.15, -0.1) is 0 Å². The van der Waals surface area contributed by atoms with Crippen molar-refractivity contribution in [1.82, 2.24) is 24.8 Å². The standard InChI is InChI=1S/C22H23F3N6O/c1-13-9-15(17-5-3-7-26-17)20(29-10-13)21(32)31-8-4-6-16(14(31)2)30-19-12-27-18(11-28-19)22(23,24)25/h3,5,7,9-12,14,16,26H,4,6,8H2,1-2H3,(H,28,30)/t14-,16+/m0/s1. The summed E-state index contributed by atoms with van der Waals surface area (Å²) in [5, 5.41) is 3.14. The van der Waals surface area contributed by atoms with E-state index in [9.17, 15) is 18.0 Å². The van der Waals surface area contributed by atoms with Crippen LogP contribution >= 0.6 is 0 Å². The third kappa shape index (κ3) is 4.44. The lowest BCUT2D eigenvalue weighted by atomic mass is 9.96. The van der Waals surface area contributed by atoms with E-state index in [2.05, 4.69) is 25.3 Å². The largest absolute Gasteiger partial charge is 0.434 e. The predicted molar refractivity (Wildman–Crippen MR) is 113 cm³/mol. The van der Waals surface area contributed by atoms with Crippen LogP contribution in [-0.2, 0) is 6.18 Å². The number of nitrogens with one attached hydrogen (secondary N) is 2. The number of aromatic nitrogens is 4. The van der Waals surface area contributed by atoms with Gasteiger partial charge < -0.3 is 15.2 Å². The molecule has 0 aromatic carbocycles. The average molecular weight is 444 g/mol. The van der Waals surface area contributed by atoms with Crippen molar-refractivity contribution in [2.75, 3.05) is 11.9 Å². The second kappa shape index (κ2) is 8.60. The molecule has 0 spiro atoms. The van der Waals surface area contributed by atoms with Crippen LogP contribution in [0.15, 0.2) is 43.0 Å². The molecule has 4 rings (SSSR count). The normalized spacial score (nSPS) is 19.1. The quantitative estimate of drug-likeness (QED) is 0.627. The second-order valence-corrected chi connectivity index (χ2v) is 7.91. The van der Waals surface area contributed by atoms with Crippen LogP contribution in [0.1, 0.15) is 41.5 Å². The van der Waals surface area contributed by atoms with Crippen LogP contribution in [-0.4, -0.2) is 49.4 Å². The van der Waals surface area contributed by atoms with E-state index in [4.69, 9.17) is 0 Å². The van der Waals surface area contributed by atoms with Gasteiger partial charge in [-0.25, -0.2) is 9.97 Å². The van der Waals surface area contributed by atoms with Crippen molar-refractivity contribution in [3.05, 3.63) is 59.9 Å². The summed E-state index contributed by atoms with van der Waals surface area (Å²) in [7, 11) is 0. The molecule has 3 aromatic heterocycles. The minimum Gasteiger partial charge on any atom is -0.364 e. The van der Waals surface area contributed by atoms with Gasteiger partial charge in [0.25, 0.3) is 5.91 Å². The zero-order valence-electron chi connectivity index (χ0n) is 17.6. The molecule has 32 heavy (non-hydrogen) atoms. The van der Waals surface area contributed by atoms with Crippen molar-refractivity contribution < 1.29 is 18.0 Å². The number of hydrogen-bond donors (Lipinski definition) is 2. The number of halogens is 3. The summed E-state index contributed by atoms with van der Waals surface area (Å²) in [4.78, 5) is 30.1. The number of carbonyl (C=O) groups is 1. The number of H-pyrrole nitrogens is 1. The smallest absolute Gasteiger partial charge is 0.364 e. The van der Waals surface area contributed by atoms with E-state index in [-0.39, 0.29) is 23.8 Å². The SMILES string of the molecule is Cc1cnc(C(=O)N2CCC[C@@H](Nc3cnc(C(F)(F)F)cn3)[C@@H]2C)c(-c2ccc[nH]2)c1. The molecule has 0 unspecified atom stereocenters. The summed E-state index contributed by atoms with van der Waals surface area (Å²) in [5.74, 6) is 0.0526. The first-order valence-corrected chi connectivity index (χ1v) is 10.3. The maximum atomic E-state index is 13.5. The number of amides is 1. The van der Waals surface area contributed by atoms with E-state index < -0.39 is 11.9 Å². The maximum absolute atomic E-state index is 13.5. The molecule has 1 saturated heterocycles. The molecule has 2 N–H and O–H groups in total. The fraction of sp³-hybridized carbons (Fsp3) is 0.364. The van der Waals surface area contributed by atoms with Gasteiger partial charge in [-0.1, -0.05) is 0 Å². The molecular formula is C22H23F3N6O. The van der Waals surface area contributed by atoms with E-state index in [1.54, 1.807) is 17.3 Å². The number of likely N-dealkylation sites (tertiary alicyclic amines) is 1. The Morgan fingerprint density at radius 3 is 2.69 bits per heavy atom. The van der Waals surface area contributed by atoms with Gasteiger partial charge in [0.15, 0.2) is 5.69 Å². The van der Waals surface area contributed by atoms with Crippen molar-refractivity contribution in [1.29, 1.82) is 0 Å². The number of hydrogen-bond acceptors (Lipinski definition) is 5. The van der Waals surface area contributed by atoms with E-state index >= 15 is 0 Å². The molecule has 168 valence electrons. The predicted octanol–water partition coefficient (Wildman–Crippen LogP) is 4.30. The number of nitrogens with zero attached hydrogens (tertiary/aromatic N) is 4. The Bertz CT molecular complexity index is 1080. The topological polar surface area (TPSA) is 86.8 Å². The van der Waals surface area contributed by atoms with Crippen LogP contribution in [0.25, 0.3) is 11.3 Å². The molecule has 3 aromatic rings. The summed E-state index contributed by atoms with van der Waals surface area (Å²) < 4.78 is 38.2. The number of alkyl halides is 3. The molecule has 0 saturated carbocycles. The minimum atomic E-state index is -4.54. The molecule has 0 radical (unpaired) electrons. The van der Waals surface area contributed by atoms with Gasteiger partial charge in [-0.2, -0.15) is 13.2 Å². The fourth-order valence-electron chi connectivity index (χ4n) is 3.94. The van der Waals surface area contributed by atoms with Crippen LogP contribution < -0.4 is 5.32 Å². The Morgan fingerprint density at radius 2 is 2.03 bits per heavy atom. The first-order chi connectivity index (χ1) is 15.2. The summed E-state index contributed by atoms with van der Waals surface area (Å²) >= 11 is 0. The molecule has 1 aliphatic rings. The van der Waals surface area contributed by atoms with Crippen LogP contribution in [0.2, 0.25) is 0 Å². The molecule has 0 bridgehead atoms. The van der Waals surface area contributed by atoms with Gasteiger partial charge >= 0.3 is 6.18 Å². The first-order valence-electron chi connectivity index (χ1n) is 10.3. The maximum Gasteiger partial charge on any atom is 0.434 e. The number of aromatic amines is 1. The number of aryl methyl sites for hydroxylation is 1. The fourth-order valence-corrected chi connectivity index (χ4v) is 3.94. The van der Waals surface area contributed by atoms with Gasteiger partial charge in [-0.3, -0.25) is 9.78 Å². The Labute approximate surface area is 183 Å². The minimum absolute atomic E-state index is 0.182. The first kappa shape index (κ1) is 21.8. The number of pyridine rings is 1. The highest BCUT2D eigenvalue weighted by Crippen LogP contribution is 2.29. The third-order valence-corrected chi connectivity index (χ3v) is 5.64. The van der Waals surface area contributed by atoms with E-state index in [0.29, 0.717) is 18.4 Å². The number of anilines is 1. The second-order valence-electron chi connectivity index (χ2n) is 7.91. The number of rotatable bonds is 4. The van der Waals surface area contributed by atoms with Crippen molar-refractivity contribution in [3.8, 4) is 11.3 Å². The van der Waals surface area contributed by atoms with E-state index in [0.717, 1.165) is 35.9 Å².